The Morgan fingerprint density at radius 3 is 2.49 bits per heavy atom. The molecule has 12 nitrogen and oxygen atoms in total. The lowest BCUT2D eigenvalue weighted by Crippen LogP contribution is -2.31. The number of fused-ring (bicyclic) bond motifs is 2. The Morgan fingerprint density at radius 2 is 1.62 bits per heavy atom. The number of carboxylic acids is 1. The molecular formula is C49H50N6O6. The summed E-state index contributed by atoms with van der Waals surface area (Å²) < 4.78 is 7.34. The van der Waals surface area contributed by atoms with Crippen LogP contribution in [0.15, 0.2) is 116 Å². The van der Waals surface area contributed by atoms with Gasteiger partial charge in [0, 0.05) is 77.4 Å². The van der Waals surface area contributed by atoms with Gasteiger partial charge in [0.1, 0.15) is 0 Å². The number of anilines is 2. The number of aromatic nitrogens is 2. The van der Waals surface area contributed by atoms with Gasteiger partial charge in [-0.2, -0.15) is 0 Å². The molecule has 1 aliphatic carbocycles. The Labute approximate surface area is 355 Å². The summed E-state index contributed by atoms with van der Waals surface area (Å²) in [5.41, 5.74) is 8.70. The summed E-state index contributed by atoms with van der Waals surface area (Å²) in [6, 6.07) is 32.8. The molecule has 0 unspecified atom stereocenters. The van der Waals surface area contributed by atoms with Crippen molar-refractivity contribution in [3.05, 3.63) is 149 Å². The summed E-state index contributed by atoms with van der Waals surface area (Å²) in [7, 11) is 0. The van der Waals surface area contributed by atoms with E-state index in [1.807, 2.05) is 77.5 Å². The number of aryl methyl sites for hydroxylation is 1. The number of pyridine rings is 1. The number of aliphatic carboxylic acids is 1. The maximum atomic E-state index is 14.1. The molecular weight excluding hydrogens is 769 g/mol. The number of hydrogen-bond donors (Lipinski definition) is 4. The minimum atomic E-state index is -0.932. The number of ether oxygens (including phenoxy) is 1. The Hall–Kier alpha value is -6.79. The molecule has 1 atom stereocenters. The van der Waals surface area contributed by atoms with Gasteiger partial charge in [-0.15, -0.1) is 0 Å². The number of piperidine rings is 1. The second-order valence-corrected chi connectivity index (χ2v) is 15.7. The van der Waals surface area contributed by atoms with Crippen molar-refractivity contribution in [3.63, 3.8) is 0 Å². The minimum absolute atomic E-state index is 0.0571. The van der Waals surface area contributed by atoms with E-state index in [2.05, 4.69) is 39.0 Å². The molecule has 6 aromatic rings. The fourth-order valence-electron chi connectivity index (χ4n) is 8.42. The molecule has 1 aliphatic heterocycles. The maximum Gasteiger partial charge on any atom is 0.305 e. The number of carboxylic acid groups (broad SMARTS) is 1. The van der Waals surface area contributed by atoms with E-state index >= 15 is 0 Å². The van der Waals surface area contributed by atoms with Gasteiger partial charge in [-0.25, -0.2) is 0 Å². The quantitative estimate of drug-likeness (QED) is 0.0760. The summed E-state index contributed by atoms with van der Waals surface area (Å²) in [4.78, 5) is 58.7. The standard InChI is InChI=1S/C49H50N6O6/c56-46(57)21-27-61-28-23-51-49(60)40-14-8-16-45-39(40)20-26-55(45)32-33-9-6-12-35(29-33)47(58)53-43-18-17-37(54-24-4-1-5-25-54)31-41(43)44-30-36(19-22-50-44)48(59)52-42-15-7-11-34-10-2-3-13-38(34)42/h2-3,6,8-10,12-14,16-20,22,26,29-31,42H,1,4-5,7,11,15,21,23-25,27-28,32H2,(H,51,60)(H,52,59)(H,53,58)(H,56,57)/t42-/m0/s1. The second kappa shape index (κ2) is 19.1. The van der Waals surface area contributed by atoms with Crippen molar-refractivity contribution >= 4 is 46.0 Å². The Balaban J connectivity index is 0.992. The smallest absolute Gasteiger partial charge is 0.305 e. The van der Waals surface area contributed by atoms with Crippen LogP contribution < -0.4 is 20.9 Å². The van der Waals surface area contributed by atoms with Crippen LogP contribution in [0.3, 0.4) is 0 Å². The zero-order valence-corrected chi connectivity index (χ0v) is 34.1. The van der Waals surface area contributed by atoms with E-state index in [0.717, 1.165) is 72.9 Å². The van der Waals surface area contributed by atoms with Crippen molar-refractivity contribution < 1.29 is 29.0 Å². The Bertz CT molecular complexity index is 2560. The van der Waals surface area contributed by atoms with Crippen LogP contribution in [-0.2, 0) is 22.5 Å². The fraction of sp³-hybridized carbons (Fsp3) is 0.286. The zero-order valence-electron chi connectivity index (χ0n) is 34.1. The van der Waals surface area contributed by atoms with Crippen molar-refractivity contribution in [3.8, 4) is 11.3 Å². The highest BCUT2D eigenvalue weighted by atomic mass is 16.5. The Morgan fingerprint density at radius 1 is 0.787 bits per heavy atom. The summed E-state index contributed by atoms with van der Waals surface area (Å²) >= 11 is 0. The van der Waals surface area contributed by atoms with E-state index in [9.17, 15) is 19.2 Å². The van der Waals surface area contributed by atoms with Crippen LogP contribution in [-0.4, -0.2) is 71.2 Å². The van der Waals surface area contributed by atoms with Crippen molar-refractivity contribution in [2.45, 2.75) is 57.5 Å². The van der Waals surface area contributed by atoms with Gasteiger partial charge in [-0.05, 0) is 116 Å². The van der Waals surface area contributed by atoms with Crippen LogP contribution in [0.5, 0.6) is 0 Å². The Kier molecular flexibility index (Phi) is 12.8. The third-order valence-electron chi connectivity index (χ3n) is 11.5. The summed E-state index contributed by atoms with van der Waals surface area (Å²) in [6.07, 6.45) is 9.85. The topological polar surface area (TPSA) is 155 Å². The van der Waals surface area contributed by atoms with Crippen LogP contribution in [0.4, 0.5) is 11.4 Å². The van der Waals surface area contributed by atoms with Gasteiger partial charge < -0.3 is 35.3 Å². The van der Waals surface area contributed by atoms with Crippen LogP contribution in [0.2, 0.25) is 0 Å². The van der Waals surface area contributed by atoms with E-state index in [-0.39, 0.29) is 49.9 Å². The third kappa shape index (κ3) is 9.82. The molecule has 1 fully saturated rings. The SMILES string of the molecule is O=C(O)CCOCCNC(=O)c1cccc2c1ccn2Cc1cccc(C(=O)Nc2ccc(N3CCCCC3)cc2-c2cc(C(=O)N[C@H]3CCCc4ccccc43)ccn2)c1. The molecule has 2 aromatic heterocycles. The fourth-order valence-corrected chi connectivity index (χ4v) is 8.42. The molecule has 2 aliphatic rings. The van der Waals surface area contributed by atoms with Gasteiger partial charge in [0.25, 0.3) is 17.7 Å². The number of benzene rings is 4. The third-order valence-corrected chi connectivity index (χ3v) is 11.5. The van der Waals surface area contributed by atoms with Gasteiger partial charge in [0.2, 0.25) is 0 Å². The van der Waals surface area contributed by atoms with Gasteiger partial charge in [0.05, 0.1) is 37.1 Å². The predicted molar refractivity (Wildman–Crippen MR) is 236 cm³/mol. The molecule has 0 saturated carbocycles. The van der Waals surface area contributed by atoms with Gasteiger partial charge in [-0.1, -0.05) is 42.5 Å². The largest absolute Gasteiger partial charge is 0.481 e. The lowest BCUT2D eigenvalue weighted by atomic mass is 9.87. The van der Waals surface area contributed by atoms with E-state index in [0.29, 0.717) is 34.6 Å². The monoisotopic (exact) mass is 818 g/mol. The van der Waals surface area contributed by atoms with Gasteiger partial charge in [0.15, 0.2) is 0 Å². The maximum absolute atomic E-state index is 14.1. The number of nitrogens with one attached hydrogen (secondary N) is 3. The number of carbonyl (C=O) groups is 4. The lowest BCUT2D eigenvalue weighted by Gasteiger charge is -2.29. The molecule has 0 radical (unpaired) electrons. The first-order valence-corrected chi connectivity index (χ1v) is 21.1. The van der Waals surface area contributed by atoms with Crippen LogP contribution in [0.1, 0.15) is 92.3 Å². The predicted octanol–water partition coefficient (Wildman–Crippen LogP) is 8.02. The van der Waals surface area contributed by atoms with Gasteiger partial charge >= 0.3 is 5.97 Å². The lowest BCUT2D eigenvalue weighted by molar-refractivity contribution is -0.138. The first-order valence-electron chi connectivity index (χ1n) is 21.1. The normalized spacial score (nSPS) is 14.9. The first-order chi connectivity index (χ1) is 29.8. The van der Waals surface area contributed by atoms with E-state index < -0.39 is 5.97 Å². The number of carbonyl (C=O) groups excluding carboxylic acids is 3. The molecule has 1 saturated heterocycles. The van der Waals surface area contributed by atoms with Crippen molar-refractivity contribution in [1.82, 2.24) is 20.2 Å². The molecule has 61 heavy (non-hydrogen) atoms. The molecule has 0 spiro atoms. The van der Waals surface area contributed by atoms with Crippen LogP contribution in [0.25, 0.3) is 22.2 Å². The zero-order chi connectivity index (χ0) is 42.1. The number of amides is 3. The summed E-state index contributed by atoms with van der Waals surface area (Å²) in [6.45, 7) is 2.93. The van der Waals surface area contributed by atoms with Gasteiger partial charge in [-0.3, -0.25) is 24.2 Å². The van der Waals surface area contributed by atoms with Crippen LogP contribution >= 0.6 is 0 Å². The minimum Gasteiger partial charge on any atom is -0.481 e. The molecule has 3 amide bonds. The molecule has 4 N–H and O–H groups in total. The average molecular weight is 819 g/mol. The highest BCUT2D eigenvalue weighted by Gasteiger charge is 2.23. The molecule has 0 bridgehead atoms. The van der Waals surface area contributed by atoms with Crippen LogP contribution in [0, 0.1) is 0 Å². The molecule has 12 heteroatoms. The first kappa shape index (κ1) is 41.0. The number of hydrogen-bond acceptors (Lipinski definition) is 7. The molecule has 4 aromatic carbocycles. The van der Waals surface area contributed by atoms with E-state index in [4.69, 9.17) is 14.8 Å². The summed E-state index contributed by atoms with van der Waals surface area (Å²) in [5.74, 6) is -1.62. The highest BCUT2D eigenvalue weighted by molar-refractivity contribution is 6.07. The van der Waals surface area contributed by atoms with E-state index in [1.54, 1.807) is 24.4 Å². The van der Waals surface area contributed by atoms with Crippen molar-refractivity contribution in [1.29, 1.82) is 0 Å². The van der Waals surface area contributed by atoms with E-state index in [1.165, 1.54) is 17.5 Å². The summed E-state index contributed by atoms with van der Waals surface area (Å²) in [5, 5.41) is 18.8. The molecule has 8 rings (SSSR count). The molecule has 3 heterocycles. The average Bonchev–Trinajstić information content (AvgIpc) is 3.70. The van der Waals surface area contributed by atoms with Crippen molar-refractivity contribution in [2.24, 2.45) is 0 Å². The number of nitrogens with zero attached hydrogens (tertiary/aromatic N) is 3. The second-order valence-electron chi connectivity index (χ2n) is 15.7. The highest BCUT2D eigenvalue weighted by Crippen LogP contribution is 2.34. The van der Waals surface area contributed by atoms with Crippen molar-refractivity contribution in [2.75, 3.05) is 43.1 Å². The number of rotatable bonds is 15. The molecule has 312 valence electrons.